The highest BCUT2D eigenvalue weighted by atomic mass is 35.5. The van der Waals surface area contributed by atoms with Crippen LogP contribution in [0.2, 0.25) is 0 Å². The molecule has 0 fully saturated rings. The van der Waals surface area contributed by atoms with Crippen molar-refractivity contribution in [3.05, 3.63) is 23.8 Å². The molecule has 20 heavy (non-hydrogen) atoms. The van der Waals surface area contributed by atoms with E-state index in [4.69, 9.17) is 10.5 Å². The summed E-state index contributed by atoms with van der Waals surface area (Å²) < 4.78 is 5.14. The zero-order valence-corrected chi connectivity index (χ0v) is 13.3. The molecule has 0 unspecified atom stereocenters. The quantitative estimate of drug-likeness (QED) is 0.477. The second kappa shape index (κ2) is 10.6. The van der Waals surface area contributed by atoms with Crippen LogP contribution in [0.1, 0.15) is 24.2 Å². The highest BCUT2D eigenvalue weighted by Crippen LogP contribution is 2.20. The molecule has 0 saturated heterocycles. The van der Waals surface area contributed by atoms with E-state index < -0.39 is 5.97 Å². The van der Waals surface area contributed by atoms with Crippen LogP contribution in [-0.2, 0) is 4.74 Å². The van der Waals surface area contributed by atoms with Gasteiger partial charge in [-0.3, -0.25) is 0 Å². The molecular formula is C13H22Cl2N2O3. The number of likely N-dealkylation sites (N-methyl/N-ethyl adjacent to an activating group) is 1. The van der Waals surface area contributed by atoms with Crippen LogP contribution in [-0.4, -0.2) is 42.2 Å². The number of nitrogen functional groups attached to an aromatic ring is 1. The standard InChI is InChI=1S/C13H20N2O3.2ClH/c1-3-15(4-2)7-8-18-13(17)10-5-6-12(16)11(14)9-10;;/h5-6,9,16H,3-4,7-8,14H2,1-2H3;2*1H. The molecule has 0 spiro atoms. The van der Waals surface area contributed by atoms with Crippen LogP contribution in [0.25, 0.3) is 0 Å². The number of rotatable bonds is 6. The molecule has 0 radical (unpaired) electrons. The van der Waals surface area contributed by atoms with Gasteiger partial charge in [-0.15, -0.1) is 24.8 Å². The molecule has 0 amide bonds. The number of benzene rings is 1. The number of hydrogen-bond donors (Lipinski definition) is 2. The van der Waals surface area contributed by atoms with Gasteiger partial charge in [0.1, 0.15) is 12.4 Å². The van der Waals surface area contributed by atoms with E-state index >= 15 is 0 Å². The molecule has 0 aromatic heterocycles. The number of phenols is 1. The number of ether oxygens (including phenoxy) is 1. The van der Waals surface area contributed by atoms with Gasteiger partial charge in [-0.05, 0) is 31.3 Å². The van der Waals surface area contributed by atoms with Gasteiger partial charge in [0.05, 0.1) is 11.3 Å². The molecule has 0 bridgehead atoms. The van der Waals surface area contributed by atoms with Crippen molar-refractivity contribution in [3.63, 3.8) is 0 Å². The van der Waals surface area contributed by atoms with E-state index in [1.807, 2.05) is 0 Å². The Balaban J connectivity index is 0. The zero-order valence-electron chi connectivity index (χ0n) is 11.7. The predicted octanol–water partition coefficient (Wildman–Crippen LogP) is 2.32. The number of aromatic hydroxyl groups is 1. The van der Waals surface area contributed by atoms with Gasteiger partial charge < -0.3 is 20.5 Å². The van der Waals surface area contributed by atoms with Crippen LogP contribution < -0.4 is 5.73 Å². The number of halogens is 2. The SMILES string of the molecule is CCN(CC)CCOC(=O)c1ccc(O)c(N)c1.Cl.Cl. The van der Waals surface area contributed by atoms with E-state index in [0.29, 0.717) is 18.7 Å². The van der Waals surface area contributed by atoms with Crippen LogP contribution in [0.3, 0.4) is 0 Å². The third kappa shape index (κ3) is 6.32. The Labute approximate surface area is 131 Å². The largest absolute Gasteiger partial charge is 0.506 e. The fourth-order valence-corrected chi connectivity index (χ4v) is 1.57. The lowest BCUT2D eigenvalue weighted by Crippen LogP contribution is -2.27. The van der Waals surface area contributed by atoms with Crippen molar-refractivity contribution in [1.82, 2.24) is 4.90 Å². The summed E-state index contributed by atoms with van der Waals surface area (Å²) in [5.41, 5.74) is 6.04. The highest BCUT2D eigenvalue weighted by molar-refractivity contribution is 5.91. The van der Waals surface area contributed by atoms with Crippen molar-refractivity contribution in [1.29, 1.82) is 0 Å². The van der Waals surface area contributed by atoms with Crippen molar-refractivity contribution in [2.45, 2.75) is 13.8 Å². The summed E-state index contributed by atoms with van der Waals surface area (Å²) in [6.45, 7) is 7.05. The Morgan fingerprint density at radius 3 is 2.40 bits per heavy atom. The van der Waals surface area contributed by atoms with Gasteiger partial charge >= 0.3 is 5.97 Å². The maximum absolute atomic E-state index is 11.7. The summed E-state index contributed by atoms with van der Waals surface area (Å²) in [7, 11) is 0. The Kier molecular flexibility index (Phi) is 11.2. The number of phenolic OH excluding ortho intramolecular Hbond substituents is 1. The van der Waals surface area contributed by atoms with Crippen LogP contribution in [0.4, 0.5) is 5.69 Å². The molecule has 0 aliphatic carbocycles. The summed E-state index contributed by atoms with van der Waals surface area (Å²) >= 11 is 0. The summed E-state index contributed by atoms with van der Waals surface area (Å²) in [6.07, 6.45) is 0. The second-order valence-electron chi connectivity index (χ2n) is 3.94. The molecule has 7 heteroatoms. The van der Waals surface area contributed by atoms with Crippen LogP contribution in [0.5, 0.6) is 5.75 Å². The van der Waals surface area contributed by atoms with Gasteiger partial charge in [-0.1, -0.05) is 13.8 Å². The van der Waals surface area contributed by atoms with E-state index in [0.717, 1.165) is 13.1 Å². The van der Waals surface area contributed by atoms with Crippen molar-refractivity contribution in [2.75, 3.05) is 32.0 Å². The first kappa shape index (κ1) is 21.1. The molecule has 0 saturated carbocycles. The fourth-order valence-electron chi connectivity index (χ4n) is 1.57. The van der Waals surface area contributed by atoms with Gasteiger partial charge in [-0.2, -0.15) is 0 Å². The van der Waals surface area contributed by atoms with Gasteiger partial charge in [0, 0.05) is 6.54 Å². The van der Waals surface area contributed by atoms with Gasteiger partial charge in [0.2, 0.25) is 0 Å². The normalized spacial score (nSPS) is 9.55. The lowest BCUT2D eigenvalue weighted by Gasteiger charge is -2.17. The van der Waals surface area contributed by atoms with Crippen molar-refractivity contribution >= 4 is 36.5 Å². The smallest absolute Gasteiger partial charge is 0.338 e. The second-order valence-corrected chi connectivity index (χ2v) is 3.94. The lowest BCUT2D eigenvalue weighted by molar-refractivity contribution is 0.0466. The molecule has 0 atom stereocenters. The molecule has 1 rings (SSSR count). The van der Waals surface area contributed by atoms with Crippen LogP contribution in [0, 0.1) is 0 Å². The van der Waals surface area contributed by atoms with Crippen LogP contribution in [0.15, 0.2) is 18.2 Å². The first-order chi connectivity index (χ1) is 8.58. The number of hydrogen-bond acceptors (Lipinski definition) is 5. The molecule has 116 valence electrons. The van der Waals surface area contributed by atoms with Gasteiger partial charge in [-0.25, -0.2) is 4.79 Å². The minimum atomic E-state index is -0.422. The van der Waals surface area contributed by atoms with Crippen molar-refractivity contribution < 1.29 is 14.6 Å². The van der Waals surface area contributed by atoms with E-state index in [1.165, 1.54) is 18.2 Å². The molecule has 1 aromatic carbocycles. The molecule has 0 aliphatic rings. The van der Waals surface area contributed by atoms with Crippen LogP contribution >= 0.6 is 24.8 Å². The van der Waals surface area contributed by atoms with Crippen molar-refractivity contribution in [3.8, 4) is 5.75 Å². The average molecular weight is 325 g/mol. The monoisotopic (exact) mass is 324 g/mol. The average Bonchev–Trinajstić information content (AvgIpc) is 2.37. The summed E-state index contributed by atoms with van der Waals surface area (Å²) in [4.78, 5) is 13.9. The van der Waals surface area contributed by atoms with Crippen molar-refractivity contribution in [2.24, 2.45) is 0 Å². The van der Waals surface area contributed by atoms with E-state index in [9.17, 15) is 9.90 Å². The first-order valence-corrected chi connectivity index (χ1v) is 6.06. The molecular weight excluding hydrogens is 303 g/mol. The molecule has 3 N–H and O–H groups in total. The number of carbonyl (C=O) groups excluding carboxylic acids is 1. The van der Waals surface area contributed by atoms with E-state index in [2.05, 4.69) is 18.7 Å². The number of anilines is 1. The Bertz CT molecular complexity index is 413. The highest BCUT2D eigenvalue weighted by Gasteiger charge is 2.09. The maximum Gasteiger partial charge on any atom is 0.338 e. The van der Waals surface area contributed by atoms with E-state index in [1.54, 1.807) is 0 Å². The Morgan fingerprint density at radius 2 is 1.90 bits per heavy atom. The lowest BCUT2D eigenvalue weighted by atomic mass is 10.2. The third-order valence-corrected chi connectivity index (χ3v) is 2.80. The summed E-state index contributed by atoms with van der Waals surface area (Å²) in [5.74, 6) is -0.455. The number of esters is 1. The maximum atomic E-state index is 11.7. The number of carbonyl (C=O) groups is 1. The van der Waals surface area contributed by atoms with Gasteiger partial charge in [0.15, 0.2) is 0 Å². The minimum absolute atomic E-state index is 0. The number of nitrogens with two attached hydrogens (primary N) is 1. The number of nitrogens with zero attached hydrogens (tertiary/aromatic N) is 1. The predicted molar refractivity (Wildman–Crippen MR) is 85.1 cm³/mol. The third-order valence-electron chi connectivity index (χ3n) is 2.80. The Morgan fingerprint density at radius 1 is 1.30 bits per heavy atom. The summed E-state index contributed by atoms with van der Waals surface area (Å²) in [5, 5.41) is 9.25. The molecule has 0 aliphatic heterocycles. The Hall–Kier alpha value is -1.17. The van der Waals surface area contributed by atoms with Gasteiger partial charge in [0.25, 0.3) is 0 Å². The fraction of sp³-hybridized carbons (Fsp3) is 0.462. The summed E-state index contributed by atoms with van der Waals surface area (Å²) in [6, 6.07) is 4.29. The van der Waals surface area contributed by atoms with E-state index in [-0.39, 0.29) is 36.3 Å². The zero-order chi connectivity index (χ0) is 13.5. The minimum Gasteiger partial charge on any atom is -0.506 e. The molecule has 1 aromatic rings. The topological polar surface area (TPSA) is 75.8 Å². The molecule has 0 heterocycles. The first-order valence-electron chi connectivity index (χ1n) is 6.06. The molecule has 5 nitrogen and oxygen atoms in total.